The largest absolute Gasteiger partial charge is 0.219 e. The van der Waals surface area contributed by atoms with Crippen molar-refractivity contribution in [2.75, 3.05) is 0 Å². The molecule has 6 rings (SSSR count). The molecule has 0 radical (unpaired) electrons. The minimum absolute atomic E-state index is 0.335. The second-order valence-corrected chi connectivity index (χ2v) is 10.3. The molecule has 0 atom stereocenters. The van der Waals surface area contributed by atoms with Gasteiger partial charge in [-0.2, -0.15) is 0 Å². The quantitative estimate of drug-likeness (QED) is 0.263. The summed E-state index contributed by atoms with van der Waals surface area (Å²) in [5.74, 6) is 6.63. The van der Waals surface area contributed by atoms with Gasteiger partial charge in [0.15, 0.2) is 23.3 Å². The molecule has 0 spiro atoms. The summed E-state index contributed by atoms with van der Waals surface area (Å²) < 4.78 is 0. The lowest BCUT2D eigenvalue weighted by Crippen LogP contribution is -2.11. The average molecular weight is 530 g/mol. The molecule has 40 heavy (non-hydrogen) atoms. The standard InChI is InChI=1S/C31H31N9/c1-18-32-19(2)35-27(34-18)23-13-15-24(16-14-23)29-38-28(22-9-6-5-7-10-22)39-31(40-29)26-12-8-11-25(17-26)30-36-20(3)33-21(4)37-30/h8,11-17,22H,5-7,9-10H2,1-4H3. The summed E-state index contributed by atoms with van der Waals surface area (Å²) in [4.78, 5) is 41.7. The fourth-order valence-corrected chi connectivity index (χ4v) is 5.25. The number of benzene rings is 2. The summed E-state index contributed by atoms with van der Waals surface area (Å²) in [5, 5.41) is 0. The van der Waals surface area contributed by atoms with Crippen LogP contribution in [0.4, 0.5) is 0 Å². The average Bonchev–Trinajstić information content (AvgIpc) is 2.96. The molecule has 5 aromatic rings. The van der Waals surface area contributed by atoms with E-state index in [1.807, 2.05) is 76.2 Å². The van der Waals surface area contributed by atoms with E-state index in [4.69, 9.17) is 15.0 Å². The Morgan fingerprint density at radius 2 is 0.875 bits per heavy atom. The summed E-state index contributed by atoms with van der Waals surface area (Å²) in [7, 11) is 0. The van der Waals surface area contributed by atoms with Crippen molar-refractivity contribution in [2.24, 2.45) is 0 Å². The van der Waals surface area contributed by atoms with Gasteiger partial charge < -0.3 is 0 Å². The highest BCUT2D eigenvalue weighted by Crippen LogP contribution is 2.33. The first-order chi connectivity index (χ1) is 19.4. The number of nitrogens with zero attached hydrogens (tertiary/aromatic N) is 9. The van der Waals surface area contributed by atoms with Crippen molar-refractivity contribution in [3.63, 3.8) is 0 Å². The SMILES string of the molecule is Cc1nc(C)nc(-c2ccc(-c3nc(-c4cccc(-c5nc(C)nc(C)n5)c4)nc(C4CCCCC4)n3)cc2)n1. The van der Waals surface area contributed by atoms with Crippen LogP contribution >= 0.6 is 0 Å². The zero-order valence-corrected chi connectivity index (χ0v) is 23.3. The Balaban J connectivity index is 1.41. The lowest BCUT2D eigenvalue weighted by atomic mass is 9.88. The maximum absolute atomic E-state index is 5.00. The molecule has 200 valence electrons. The monoisotopic (exact) mass is 529 g/mol. The Bertz CT molecular complexity index is 1640. The van der Waals surface area contributed by atoms with Gasteiger partial charge in [-0.15, -0.1) is 0 Å². The molecule has 0 N–H and O–H groups in total. The van der Waals surface area contributed by atoms with E-state index in [1.165, 1.54) is 19.3 Å². The van der Waals surface area contributed by atoms with Crippen molar-refractivity contribution < 1.29 is 0 Å². The number of rotatable bonds is 5. The van der Waals surface area contributed by atoms with E-state index < -0.39 is 0 Å². The van der Waals surface area contributed by atoms with Crippen molar-refractivity contribution in [3.05, 3.63) is 77.7 Å². The third kappa shape index (κ3) is 5.59. The summed E-state index contributed by atoms with van der Waals surface area (Å²) in [6, 6.07) is 16.2. The first-order valence-corrected chi connectivity index (χ1v) is 13.8. The van der Waals surface area contributed by atoms with Gasteiger partial charge in [0, 0.05) is 28.2 Å². The van der Waals surface area contributed by atoms with Crippen LogP contribution in [0, 0.1) is 27.7 Å². The zero-order valence-electron chi connectivity index (χ0n) is 23.3. The molecule has 1 saturated carbocycles. The molecule has 0 amide bonds. The number of aryl methyl sites for hydroxylation is 4. The molecule has 9 nitrogen and oxygen atoms in total. The van der Waals surface area contributed by atoms with Crippen molar-refractivity contribution in [1.29, 1.82) is 0 Å². The van der Waals surface area contributed by atoms with E-state index in [2.05, 4.69) is 29.9 Å². The Kier molecular flexibility index (Phi) is 7.02. The minimum atomic E-state index is 0.335. The highest BCUT2D eigenvalue weighted by atomic mass is 15.0. The molecular weight excluding hydrogens is 498 g/mol. The van der Waals surface area contributed by atoms with Crippen molar-refractivity contribution >= 4 is 0 Å². The molecule has 0 aliphatic heterocycles. The van der Waals surface area contributed by atoms with Gasteiger partial charge in [0.25, 0.3) is 0 Å². The number of aromatic nitrogens is 9. The Morgan fingerprint density at radius 1 is 0.450 bits per heavy atom. The number of hydrogen-bond donors (Lipinski definition) is 0. The van der Waals surface area contributed by atoms with Crippen LogP contribution in [0.3, 0.4) is 0 Å². The molecule has 1 fully saturated rings. The summed E-state index contributed by atoms with van der Waals surface area (Å²) in [6.45, 7) is 7.52. The molecule has 3 heterocycles. The predicted molar refractivity (Wildman–Crippen MR) is 153 cm³/mol. The van der Waals surface area contributed by atoms with Crippen LogP contribution in [0.15, 0.2) is 48.5 Å². The van der Waals surface area contributed by atoms with Crippen LogP contribution in [0.1, 0.15) is 67.1 Å². The molecule has 1 aliphatic carbocycles. The van der Waals surface area contributed by atoms with Crippen LogP contribution in [0.5, 0.6) is 0 Å². The van der Waals surface area contributed by atoms with E-state index in [0.717, 1.165) is 40.9 Å². The van der Waals surface area contributed by atoms with Gasteiger partial charge >= 0.3 is 0 Å². The van der Waals surface area contributed by atoms with Crippen molar-refractivity contribution in [1.82, 2.24) is 44.9 Å². The first-order valence-electron chi connectivity index (χ1n) is 13.8. The lowest BCUT2D eigenvalue weighted by molar-refractivity contribution is 0.428. The second kappa shape index (κ2) is 10.9. The third-order valence-electron chi connectivity index (χ3n) is 7.12. The fraction of sp³-hybridized carbons (Fsp3) is 0.323. The normalized spacial score (nSPS) is 13.9. The van der Waals surface area contributed by atoms with E-state index in [9.17, 15) is 0 Å². The van der Waals surface area contributed by atoms with Crippen LogP contribution in [-0.2, 0) is 0 Å². The second-order valence-electron chi connectivity index (χ2n) is 10.3. The van der Waals surface area contributed by atoms with Gasteiger partial charge in [-0.25, -0.2) is 44.9 Å². The van der Waals surface area contributed by atoms with Gasteiger partial charge in [-0.3, -0.25) is 0 Å². The molecule has 9 heteroatoms. The van der Waals surface area contributed by atoms with Crippen LogP contribution in [-0.4, -0.2) is 44.9 Å². The summed E-state index contributed by atoms with van der Waals surface area (Å²) >= 11 is 0. The van der Waals surface area contributed by atoms with Gasteiger partial charge in [0.05, 0.1) is 0 Å². The first kappa shape index (κ1) is 25.7. The van der Waals surface area contributed by atoms with Gasteiger partial charge in [-0.1, -0.05) is 61.7 Å². The van der Waals surface area contributed by atoms with Gasteiger partial charge in [-0.05, 0) is 46.6 Å². The molecular formula is C31H31N9. The molecule has 1 aliphatic rings. The van der Waals surface area contributed by atoms with Crippen molar-refractivity contribution in [3.8, 4) is 45.6 Å². The number of hydrogen-bond acceptors (Lipinski definition) is 9. The Hall–Kier alpha value is -4.53. The topological polar surface area (TPSA) is 116 Å². The Morgan fingerprint density at radius 3 is 1.38 bits per heavy atom. The van der Waals surface area contributed by atoms with E-state index >= 15 is 0 Å². The molecule has 3 aromatic heterocycles. The maximum Gasteiger partial charge on any atom is 0.163 e. The van der Waals surface area contributed by atoms with E-state index in [1.54, 1.807) is 0 Å². The van der Waals surface area contributed by atoms with Gasteiger partial charge in [0.2, 0.25) is 0 Å². The van der Waals surface area contributed by atoms with Crippen LogP contribution in [0.25, 0.3) is 45.6 Å². The zero-order chi connectivity index (χ0) is 27.6. The molecule has 0 saturated heterocycles. The lowest BCUT2D eigenvalue weighted by Gasteiger charge is -2.21. The summed E-state index contributed by atoms with van der Waals surface area (Å²) in [6.07, 6.45) is 5.88. The van der Waals surface area contributed by atoms with E-state index in [0.29, 0.717) is 52.5 Å². The molecule has 2 aromatic carbocycles. The van der Waals surface area contributed by atoms with Crippen LogP contribution in [0.2, 0.25) is 0 Å². The highest BCUT2D eigenvalue weighted by molar-refractivity contribution is 5.68. The molecule has 0 unspecified atom stereocenters. The Labute approximate surface area is 233 Å². The summed E-state index contributed by atoms with van der Waals surface area (Å²) in [5.41, 5.74) is 3.66. The van der Waals surface area contributed by atoms with Crippen LogP contribution < -0.4 is 0 Å². The molecule has 0 bridgehead atoms. The third-order valence-corrected chi connectivity index (χ3v) is 7.12. The van der Waals surface area contributed by atoms with Crippen molar-refractivity contribution in [2.45, 2.75) is 65.7 Å². The van der Waals surface area contributed by atoms with E-state index in [-0.39, 0.29) is 0 Å². The van der Waals surface area contributed by atoms with Gasteiger partial charge in [0.1, 0.15) is 29.1 Å². The predicted octanol–water partition coefficient (Wildman–Crippen LogP) is 6.19. The maximum atomic E-state index is 5.00. The fourth-order valence-electron chi connectivity index (χ4n) is 5.25. The smallest absolute Gasteiger partial charge is 0.163 e. The highest BCUT2D eigenvalue weighted by Gasteiger charge is 2.21. The minimum Gasteiger partial charge on any atom is -0.219 e.